The van der Waals surface area contributed by atoms with Gasteiger partial charge in [-0.1, -0.05) is 18.2 Å². The van der Waals surface area contributed by atoms with Gasteiger partial charge in [-0.15, -0.1) is 11.3 Å². The lowest BCUT2D eigenvalue weighted by molar-refractivity contribution is 0.0784. The third-order valence-corrected chi connectivity index (χ3v) is 6.41. The van der Waals surface area contributed by atoms with E-state index in [0.29, 0.717) is 18.1 Å². The first-order chi connectivity index (χ1) is 13.3. The van der Waals surface area contributed by atoms with Crippen molar-refractivity contribution in [2.24, 2.45) is 5.92 Å². The van der Waals surface area contributed by atoms with Crippen molar-refractivity contribution in [1.82, 2.24) is 9.80 Å². The molecule has 0 bridgehead atoms. The summed E-state index contributed by atoms with van der Waals surface area (Å²) in [6.45, 7) is 5.70. The molecule has 0 aliphatic carbocycles. The first-order valence-electron chi connectivity index (χ1n) is 10.1. The number of piperidine rings is 1. The van der Waals surface area contributed by atoms with Gasteiger partial charge in [0.2, 0.25) is 0 Å². The number of para-hydroxylation sites is 1. The van der Waals surface area contributed by atoms with E-state index in [4.69, 9.17) is 4.74 Å². The van der Waals surface area contributed by atoms with Gasteiger partial charge in [0, 0.05) is 37.0 Å². The predicted octanol–water partition coefficient (Wildman–Crippen LogP) is 4.28. The summed E-state index contributed by atoms with van der Waals surface area (Å²) >= 11 is 1.83. The summed E-state index contributed by atoms with van der Waals surface area (Å²) in [6.07, 6.45) is 4.63. The lowest BCUT2D eigenvalue weighted by Crippen LogP contribution is -2.37. The number of thiophene rings is 1. The largest absolute Gasteiger partial charge is 0.492 e. The van der Waals surface area contributed by atoms with Gasteiger partial charge >= 0.3 is 0 Å². The molecule has 1 atom stereocenters. The highest BCUT2D eigenvalue weighted by atomic mass is 32.1. The molecule has 0 saturated carbocycles. The number of carbonyl (C=O) groups excluding carboxylic acids is 1. The Balaban J connectivity index is 1.35. The standard InChI is InChI=1S/C22H28N2O2S/c25-22(24-12-3-4-13-24)20-9-1-2-10-21(20)26-17-18-7-5-11-23(15-18)16-19-8-6-14-27-19/h1-2,6,8-10,14,18H,3-5,7,11-13,15-17H2. The van der Waals surface area contributed by atoms with Crippen LogP contribution in [0.4, 0.5) is 0 Å². The van der Waals surface area contributed by atoms with Crippen LogP contribution in [-0.4, -0.2) is 48.5 Å². The van der Waals surface area contributed by atoms with Gasteiger partial charge in [-0.25, -0.2) is 0 Å². The maximum atomic E-state index is 12.8. The predicted molar refractivity (Wildman–Crippen MR) is 109 cm³/mol. The molecule has 4 nitrogen and oxygen atoms in total. The molecule has 1 amide bonds. The fourth-order valence-electron chi connectivity index (χ4n) is 4.12. The molecule has 2 fully saturated rings. The van der Waals surface area contributed by atoms with Crippen molar-refractivity contribution in [3.8, 4) is 5.75 Å². The molecule has 1 aromatic carbocycles. The Labute approximate surface area is 165 Å². The van der Waals surface area contributed by atoms with Gasteiger partial charge in [0.15, 0.2) is 0 Å². The SMILES string of the molecule is O=C(c1ccccc1OCC1CCCN(Cc2cccs2)C1)N1CCCC1. The van der Waals surface area contributed by atoms with Crippen molar-refractivity contribution in [2.45, 2.75) is 32.2 Å². The molecule has 1 unspecified atom stereocenters. The van der Waals surface area contributed by atoms with Crippen molar-refractivity contribution in [3.05, 3.63) is 52.2 Å². The van der Waals surface area contributed by atoms with Crippen LogP contribution in [0.3, 0.4) is 0 Å². The van der Waals surface area contributed by atoms with Crippen molar-refractivity contribution < 1.29 is 9.53 Å². The van der Waals surface area contributed by atoms with Crippen LogP contribution in [0.2, 0.25) is 0 Å². The highest BCUT2D eigenvalue weighted by Crippen LogP contribution is 2.25. The second-order valence-electron chi connectivity index (χ2n) is 7.63. The lowest BCUT2D eigenvalue weighted by Gasteiger charge is -2.32. The number of nitrogens with zero attached hydrogens (tertiary/aromatic N) is 2. The fourth-order valence-corrected chi connectivity index (χ4v) is 4.87. The fraction of sp³-hybridized carbons (Fsp3) is 0.500. The second-order valence-corrected chi connectivity index (χ2v) is 8.66. The molecule has 0 spiro atoms. The number of amides is 1. The van der Waals surface area contributed by atoms with Crippen LogP contribution in [0.1, 0.15) is 40.9 Å². The van der Waals surface area contributed by atoms with Gasteiger partial charge in [-0.3, -0.25) is 9.69 Å². The maximum absolute atomic E-state index is 12.8. The van der Waals surface area contributed by atoms with E-state index in [9.17, 15) is 4.79 Å². The Bertz CT molecular complexity index is 741. The minimum absolute atomic E-state index is 0.117. The molecule has 1 aromatic heterocycles. The molecular formula is C22H28N2O2S. The Hall–Kier alpha value is -1.85. The van der Waals surface area contributed by atoms with Gasteiger partial charge in [0.1, 0.15) is 5.75 Å². The molecule has 2 saturated heterocycles. The van der Waals surface area contributed by atoms with E-state index in [-0.39, 0.29) is 5.91 Å². The molecule has 3 heterocycles. The highest BCUT2D eigenvalue weighted by Gasteiger charge is 2.24. The quantitative estimate of drug-likeness (QED) is 0.745. The Morgan fingerprint density at radius 1 is 1.07 bits per heavy atom. The Morgan fingerprint density at radius 2 is 1.93 bits per heavy atom. The van der Waals surface area contributed by atoms with Gasteiger partial charge in [-0.2, -0.15) is 0 Å². The molecule has 4 rings (SSSR count). The minimum atomic E-state index is 0.117. The van der Waals surface area contributed by atoms with E-state index in [1.807, 2.05) is 40.5 Å². The molecule has 5 heteroatoms. The van der Waals surface area contributed by atoms with Gasteiger partial charge in [0.25, 0.3) is 5.91 Å². The summed E-state index contributed by atoms with van der Waals surface area (Å²) in [7, 11) is 0. The smallest absolute Gasteiger partial charge is 0.257 e. The topological polar surface area (TPSA) is 32.8 Å². The summed E-state index contributed by atoms with van der Waals surface area (Å²) in [5.74, 6) is 1.38. The summed E-state index contributed by atoms with van der Waals surface area (Å²) in [5, 5.41) is 2.15. The molecule has 27 heavy (non-hydrogen) atoms. The number of likely N-dealkylation sites (tertiary alicyclic amines) is 2. The van der Waals surface area contributed by atoms with Crippen molar-refractivity contribution in [3.63, 3.8) is 0 Å². The van der Waals surface area contributed by atoms with Crippen LogP contribution in [0.5, 0.6) is 5.75 Å². The summed E-state index contributed by atoms with van der Waals surface area (Å²) in [6, 6.07) is 12.1. The Morgan fingerprint density at radius 3 is 2.74 bits per heavy atom. The first kappa shape index (κ1) is 18.5. The van der Waals surface area contributed by atoms with Gasteiger partial charge in [-0.05, 0) is 55.8 Å². The van der Waals surface area contributed by atoms with Crippen molar-refractivity contribution >= 4 is 17.2 Å². The van der Waals surface area contributed by atoms with Crippen LogP contribution in [0, 0.1) is 5.92 Å². The molecule has 2 aliphatic heterocycles. The number of ether oxygens (including phenoxy) is 1. The minimum Gasteiger partial charge on any atom is -0.492 e. The first-order valence-corrected chi connectivity index (χ1v) is 10.9. The third kappa shape index (κ3) is 4.71. The van der Waals surface area contributed by atoms with E-state index in [0.717, 1.165) is 44.8 Å². The summed E-state index contributed by atoms with van der Waals surface area (Å²) in [5.41, 5.74) is 0.714. The molecule has 2 aromatic rings. The normalized spacial score (nSPS) is 20.7. The van der Waals surface area contributed by atoms with Crippen molar-refractivity contribution in [1.29, 1.82) is 0 Å². The van der Waals surface area contributed by atoms with Crippen LogP contribution < -0.4 is 4.74 Å². The molecule has 144 valence electrons. The van der Waals surface area contributed by atoms with Crippen LogP contribution in [0.25, 0.3) is 0 Å². The second kappa shape index (κ2) is 8.89. The number of benzene rings is 1. The molecule has 2 aliphatic rings. The highest BCUT2D eigenvalue weighted by molar-refractivity contribution is 7.09. The van der Waals surface area contributed by atoms with E-state index < -0.39 is 0 Å². The maximum Gasteiger partial charge on any atom is 0.257 e. The third-order valence-electron chi connectivity index (χ3n) is 5.55. The number of hydrogen-bond acceptors (Lipinski definition) is 4. The number of hydrogen-bond donors (Lipinski definition) is 0. The number of rotatable bonds is 6. The monoisotopic (exact) mass is 384 g/mol. The zero-order valence-corrected chi connectivity index (χ0v) is 16.6. The van der Waals surface area contributed by atoms with E-state index in [1.54, 1.807) is 0 Å². The zero-order valence-electron chi connectivity index (χ0n) is 15.8. The summed E-state index contributed by atoms with van der Waals surface area (Å²) in [4.78, 5) is 18.7. The van der Waals surface area contributed by atoms with Crippen LogP contribution >= 0.6 is 11.3 Å². The summed E-state index contributed by atoms with van der Waals surface area (Å²) < 4.78 is 6.17. The van der Waals surface area contributed by atoms with Gasteiger partial charge in [0.05, 0.1) is 12.2 Å². The molecule has 0 radical (unpaired) electrons. The number of carbonyl (C=O) groups is 1. The average Bonchev–Trinajstić information content (AvgIpc) is 3.40. The van der Waals surface area contributed by atoms with E-state index in [1.165, 1.54) is 24.3 Å². The van der Waals surface area contributed by atoms with E-state index in [2.05, 4.69) is 22.4 Å². The lowest BCUT2D eigenvalue weighted by atomic mass is 9.99. The Kier molecular flexibility index (Phi) is 6.10. The van der Waals surface area contributed by atoms with Gasteiger partial charge < -0.3 is 9.64 Å². The van der Waals surface area contributed by atoms with E-state index >= 15 is 0 Å². The molecule has 0 N–H and O–H groups in total. The molecular weight excluding hydrogens is 356 g/mol. The average molecular weight is 385 g/mol. The van der Waals surface area contributed by atoms with Crippen LogP contribution in [-0.2, 0) is 6.54 Å². The zero-order chi connectivity index (χ0) is 18.5. The van der Waals surface area contributed by atoms with Crippen LogP contribution in [0.15, 0.2) is 41.8 Å². The van der Waals surface area contributed by atoms with Crippen molar-refractivity contribution in [2.75, 3.05) is 32.8 Å².